The Morgan fingerprint density at radius 3 is 2.81 bits per heavy atom. The van der Waals surface area contributed by atoms with Gasteiger partial charge in [-0.2, -0.15) is 5.10 Å². The molecule has 132 valence electrons. The van der Waals surface area contributed by atoms with Gasteiger partial charge in [-0.3, -0.25) is 15.5 Å². The van der Waals surface area contributed by atoms with Crippen LogP contribution in [0.25, 0.3) is 11.3 Å². The number of nitro benzene ring substituents is 1. The second-order valence-corrected chi connectivity index (χ2v) is 6.33. The van der Waals surface area contributed by atoms with Crippen molar-refractivity contribution in [2.75, 3.05) is 5.43 Å². The van der Waals surface area contributed by atoms with Gasteiger partial charge >= 0.3 is 0 Å². The number of hydrazone groups is 1. The van der Waals surface area contributed by atoms with E-state index in [1.54, 1.807) is 0 Å². The van der Waals surface area contributed by atoms with Crippen LogP contribution in [0.15, 0.2) is 52.9 Å². The lowest BCUT2D eigenvalue weighted by molar-refractivity contribution is -0.384. The van der Waals surface area contributed by atoms with Gasteiger partial charge in [0, 0.05) is 34.2 Å². The monoisotopic (exact) mass is 388 g/mol. The molecule has 0 saturated carbocycles. The Morgan fingerprint density at radius 1 is 1.35 bits per heavy atom. The summed E-state index contributed by atoms with van der Waals surface area (Å²) in [7, 11) is 0. The lowest BCUT2D eigenvalue weighted by atomic mass is 10.1. The van der Waals surface area contributed by atoms with Crippen molar-refractivity contribution in [3.8, 4) is 17.0 Å². The molecule has 0 saturated heterocycles. The number of nitrogens with zero attached hydrogens (tertiary/aromatic N) is 3. The standard InChI is InChI=1S/C17H13ClN4O3S/c18-8-12-6-14(22(24)25)7-13(16(12)23)9-19-21-17-20-15(10-26-17)11-4-2-1-3-5-11/h1-7,9-10,23H,8H2,(H,20,21). The molecule has 0 unspecified atom stereocenters. The van der Waals surface area contributed by atoms with Crippen LogP contribution in [0.1, 0.15) is 11.1 Å². The van der Waals surface area contributed by atoms with E-state index in [1.807, 2.05) is 35.7 Å². The Bertz CT molecular complexity index is 960. The maximum Gasteiger partial charge on any atom is 0.270 e. The summed E-state index contributed by atoms with van der Waals surface area (Å²) >= 11 is 7.09. The second kappa shape index (κ2) is 7.94. The van der Waals surface area contributed by atoms with Crippen molar-refractivity contribution in [1.82, 2.24) is 4.98 Å². The molecule has 0 aliphatic carbocycles. The molecule has 7 nitrogen and oxygen atoms in total. The Balaban J connectivity index is 1.78. The van der Waals surface area contributed by atoms with Crippen molar-refractivity contribution in [3.63, 3.8) is 0 Å². The summed E-state index contributed by atoms with van der Waals surface area (Å²) in [5, 5.41) is 27.5. The minimum absolute atomic E-state index is 0.0469. The third-order valence-electron chi connectivity index (χ3n) is 3.50. The van der Waals surface area contributed by atoms with Gasteiger partial charge in [0.15, 0.2) is 0 Å². The topological polar surface area (TPSA) is 101 Å². The van der Waals surface area contributed by atoms with E-state index >= 15 is 0 Å². The van der Waals surface area contributed by atoms with Crippen molar-refractivity contribution < 1.29 is 10.0 Å². The van der Waals surface area contributed by atoms with Gasteiger partial charge in [-0.25, -0.2) is 4.98 Å². The number of aromatic nitrogens is 1. The number of phenolic OH excluding ortho intramolecular Hbond substituents is 1. The van der Waals surface area contributed by atoms with Crippen LogP contribution in [-0.4, -0.2) is 21.2 Å². The number of hydrogen-bond donors (Lipinski definition) is 2. The Labute approximate surface area is 157 Å². The smallest absolute Gasteiger partial charge is 0.270 e. The second-order valence-electron chi connectivity index (χ2n) is 5.21. The van der Waals surface area contributed by atoms with Crippen molar-refractivity contribution in [1.29, 1.82) is 0 Å². The van der Waals surface area contributed by atoms with E-state index in [1.165, 1.54) is 29.7 Å². The number of halogens is 1. The Kier molecular flexibility index (Phi) is 5.45. The highest BCUT2D eigenvalue weighted by Crippen LogP contribution is 2.29. The van der Waals surface area contributed by atoms with E-state index in [2.05, 4.69) is 15.5 Å². The number of nitrogens with one attached hydrogen (secondary N) is 1. The molecule has 2 aromatic carbocycles. The lowest BCUT2D eigenvalue weighted by Crippen LogP contribution is -1.96. The maximum atomic E-state index is 11.0. The zero-order chi connectivity index (χ0) is 18.5. The first-order valence-corrected chi connectivity index (χ1v) is 8.86. The molecule has 2 N–H and O–H groups in total. The molecular formula is C17H13ClN4O3S. The van der Waals surface area contributed by atoms with Crippen molar-refractivity contribution in [2.24, 2.45) is 5.10 Å². The molecular weight excluding hydrogens is 376 g/mol. The summed E-state index contributed by atoms with van der Waals surface area (Å²) in [6.07, 6.45) is 1.29. The number of hydrogen-bond acceptors (Lipinski definition) is 7. The van der Waals surface area contributed by atoms with Gasteiger partial charge in [-0.05, 0) is 0 Å². The molecule has 0 aliphatic heterocycles. The highest BCUT2D eigenvalue weighted by atomic mass is 35.5. The molecule has 1 heterocycles. The van der Waals surface area contributed by atoms with Crippen LogP contribution in [0.5, 0.6) is 5.75 Å². The Morgan fingerprint density at radius 2 is 2.12 bits per heavy atom. The van der Waals surface area contributed by atoms with Gasteiger partial charge in [0.05, 0.1) is 22.7 Å². The SMILES string of the molecule is O=[N+]([O-])c1cc(C=NNc2nc(-c3ccccc3)cs2)c(O)c(CCl)c1. The van der Waals surface area contributed by atoms with Gasteiger partial charge in [0.25, 0.3) is 5.69 Å². The number of anilines is 1. The number of thiazole rings is 1. The summed E-state index contributed by atoms with van der Waals surface area (Å²) in [5.41, 5.74) is 4.86. The predicted octanol–water partition coefficient (Wildman–Crippen LogP) is 4.61. The average Bonchev–Trinajstić information content (AvgIpc) is 3.12. The molecule has 1 aromatic heterocycles. The average molecular weight is 389 g/mol. The largest absolute Gasteiger partial charge is 0.507 e. The zero-order valence-corrected chi connectivity index (χ0v) is 14.9. The number of phenols is 1. The van der Waals surface area contributed by atoms with Crippen LogP contribution >= 0.6 is 22.9 Å². The lowest BCUT2D eigenvalue weighted by Gasteiger charge is -2.04. The van der Waals surface area contributed by atoms with Crippen molar-refractivity contribution in [3.05, 3.63) is 69.1 Å². The Hall–Kier alpha value is -2.97. The van der Waals surface area contributed by atoms with E-state index in [9.17, 15) is 15.2 Å². The van der Waals surface area contributed by atoms with E-state index in [4.69, 9.17) is 11.6 Å². The fourth-order valence-corrected chi connectivity index (χ4v) is 3.10. The molecule has 0 aliphatic rings. The molecule has 26 heavy (non-hydrogen) atoms. The molecule has 0 radical (unpaired) electrons. The molecule has 0 spiro atoms. The highest BCUT2D eigenvalue weighted by molar-refractivity contribution is 7.14. The number of benzene rings is 2. The summed E-state index contributed by atoms with van der Waals surface area (Å²) < 4.78 is 0. The number of nitro groups is 1. The van der Waals surface area contributed by atoms with Gasteiger partial charge in [0.2, 0.25) is 5.13 Å². The third kappa shape index (κ3) is 3.98. The molecule has 0 bridgehead atoms. The molecule has 3 aromatic rings. The van der Waals surface area contributed by atoms with Crippen LogP contribution in [0.2, 0.25) is 0 Å². The summed E-state index contributed by atoms with van der Waals surface area (Å²) in [5.74, 6) is -0.186. The molecule has 9 heteroatoms. The van der Waals surface area contributed by atoms with Crippen LogP contribution in [0.4, 0.5) is 10.8 Å². The van der Waals surface area contributed by atoms with Crippen LogP contribution < -0.4 is 5.43 Å². The number of aromatic hydroxyl groups is 1. The summed E-state index contributed by atoms with van der Waals surface area (Å²) in [6.45, 7) is 0. The van der Waals surface area contributed by atoms with E-state index in [0.29, 0.717) is 5.13 Å². The minimum atomic E-state index is -0.548. The van der Waals surface area contributed by atoms with Gasteiger partial charge in [0.1, 0.15) is 5.75 Å². The van der Waals surface area contributed by atoms with Gasteiger partial charge in [-0.1, -0.05) is 30.3 Å². The molecule has 3 rings (SSSR count). The number of non-ortho nitro benzene ring substituents is 1. The van der Waals surface area contributed by atoms with Crippen LogP contribution in [0, 0.1) is 10.1 Å². The van der Waals surface area contributed by atoms with Crippen molar-refractivity contribution >= 4 is 40.0 Å². The van der Waals surface area contributed by atoms with E-state index < -0.39 is 4.92 Å². The first kappa shape index (κ1) is 17.8. The first-order valence-electron chi connectivity index (χ1n) is 7.44. The van der Waals surface area contributed by atoms with E-state index in [0.717, 1.165) is 11.3 Å². The number of alkyl halides is 1. The zero-order valence-electron chi connectivity index (χ0n) is 13.3. The molecule has 0 fully saturated rings. The minimum Gasteiger partial charge on any atom is -0.507 e. The molecule has 0 amide bonds. The maximum absolute atomic E-state index is 11.0. The predicted molar refractivity (Wildman–Crippen MR) is 103 cm³/mol. The quantitative estimate of drug-likeness (QED) is 0.278. The van der Waals surface area contributed by atoms with Crippen LogP contribution in [-0.2, 0) is 5.88 Å². The number of rotatable bonds is 6. The van der Waals surface area contributed by atoms with Gasteiger partial charge < -0.3 is 5.11 Å². The molecule has 0 atom stereocenters. The highest BCUT2D eigenvalue weighted by Gasteiger charge is 2.14. The van der Waals surface area contributed by atoms with Crippen molar-refractivity contribution in [2.45, 2.75) is 5.88 Å². The fourth-order valence-electron chi connectivity index (χ4n) is 2.23. The normalized spacial score (nSPS) is 11.0. The first-order chi connectivity index (χ1) is 12.6. The fraction of sp³-hybridized carbons (Fsp3) is 0.0588. The van der Waals surface area contributed by atoms with E-state index in [-0.39, 0.29) is 28.4 Å². The van der Waals surface area contributed by atoms with Gasteiger partial charge in [-0.15, -0.1) is 22.9 Å². The van der Waals surface area contributed by atoms with Crippen LogP contribution in [0.3, 0.4) is 0 Å². The third-order valence-corrected chi connectivity index (χ3v) is 4.53. The summed E-state index contributed by atoms with van der Waals surface area (Å²) in [4.78, 5) is 14.8. The summed E-state index contributed by atoms with van der Waals surface area (Å²) in [6, 6.07) is 12.2.